The molecule has 1 saturated heterocycles. The van der Waals surface area contributed by atoms with Crippen molar-refractivity contribution < 1.29 is 24.2 Å². The third kappa shape index (κ3) is 4.58. The van der Waals surface area contributed by atoms with Gasteiger partial charge in [-0.15, -0.1) is 6.58 Å². The van der Waals surface area contributed by atoms with E-state index in [1.54, 1.807) is 0 Å². The first-order chi connectivity index (χ1) is 20.5. The molecule has 2 bridgehead atoms. The van der Waals surface area contributed by atoms with Crippen LogP contribution in [-0.2, 0) is 21.4 Å². The highest BCUT2D eigenvalue weighted by Crippen LogP contribution is 2.66. The Morgan fingerprint density at radius 1 is 1.23 bits per heavy atom. The Hall–Kier alpha value is -3.60. The standard InChI is InChI=1S/C36H42N2O5/c1-7-17-37-18-16-35-32-27-11-12-29(42-25(6)39)33(32)43-34(35)28(14-15-36(35,41)30(37)20-27)38(21-22(2)3)31(40)13-10-26-9-8-23(4)24(5)19-26/h7-9,11-12,19,22,28,30,34,41H,1,14-18,20-21H2,2-6H3/t28-,30+,34-,35-,36+/m0/s1. The third-order valence-electron chi connectivity index (χ3n) is 10.2. The van der Waals surface area contributed by atoms with Crippen LogP contribution in [0.3, 0.4) is 0 Å². The number of carbonyl (C=O) groups is 2. The van der Waals surface area contributed by atoms with Crippen molar-refractivity contribution in [3.05, 3.63) is 70.8 Å². The van der Waals surface area contributed by atoms with Crippen LogP contribution < -0.4 is 9.47 Å². The highest BCUT2D eigenvalue weighted by molar-refractivity contribution is 5.94. The van der Waals surface area contributed by atoms with Crippen molar-refractivity contribution in [1.29, 1.82) is 0 Å². The van der Waals surface area contributed by atoms with Gasteiger partial charge in [0.2, 0.25) is 0 Å². The summed E-state index contributed by atoms with van der Waals surface area (Å²) in [7, 11) is 0. The van der Waals surface area contributed by atoms with E-state index in [1.165, 1.54) is 12.5 Å². The fourth-order valence-corrected chi connectivity index (χ4v) is 8.31. The molecule has 1 saturated carbocycles. The minimum Gasteiger partial charge on any atom is -0.483 e. The number of rotatable bonds is 6. The van der Waals surface area contributed by atoms with Gasteiger partial charge in [-0.1, -0.05) is 38.0 Å². The lowest BCUT2D eigenvalue weighted by molar-refractivity contribution is -0.199. The molecule has 4 aliphatic rings. The Morgan fingerprint density at radius 3 is 2.72 bits per heavy atom. The lowest BCUT2D eigenvalue weighted by Gasteiger charge is -2.64. The summed E-state index contributed by atoms with van der Waals surface area (Å²) in [5, 5.41) is 12.8. The topological polar surface area (TPSA) is 79.3 Å². The summed E-state index contributed by atoms with van der Waals surface area (Å²) < 4.78 is 12.5. The molecule has 0 radical (unpaired) electrons. The first-order valence-electron chi connectivity index (χ1n) is 15.5. The van der Waals surface area contributed by atoms with Gasteiger partial charge in [-0.05, 0) is 86.9 Å². The molecule has 6 rings (SSSR count). The van der Waals surface area contributed by atoms with Crippen LogP contribution in [0.4, 0.5) is 0 Å². The predicted octanol–water partition coefficient (Wildman–Crippen LogP) is 4.47. The van der Waals surface area contributed by atoms with Crippen molar-refractivity contribution >= 4 is 11.9 Å². The van der Waals surface area contributed by atoms with Crippen LogP contribution in [0.15, 0.2) is 43.0 Å². The van der Waals surface area contributed by atoms with Crippen LogP contribution in [0.25, 0.3) is 0 Å². The average molecular weight is 583 g/mol. The number of hydrogen-bond donors (Lipinski definition) is 1. The maximum atomic E-state index is 14.0. The Balaban J connectivity index is 1.45. The number of benzene rings is 2. The van der Waals surface area contributed by atoms with Crippen LogP contribution in [0.5, 0.6) is 11.5 Å². The number of amides is 1. The van der Waals surface area contributed by atoms with Gasteiger partial charge in [0.05, 0.1) is 17.1 Å². The smallest absolute Gasteiger partial charge is 0.308 e. The molecule has 1 spiro atoms. The Bertz CT molecular complexity index is 1550. The summed E-state index contributed by atoms with van der Waals surface area (Å²) >= 11 is 0. The summed E-state index contributed by atoms with van der Waals surface area (Å²) in [5.74, 6) is 6.50. The molecule has 7 heteroatoms. The fraction of sp³-hybridized carbons (Fsp3) is 0.500. The van der Waals surface area contributed by atoms with E-state index in [-0.39, 0.29) is 23.9 Å². The van der Waals surface area contributed by atoms with Crippen molar-refractivity contribution in [3.63, 3.8) is 0 Å². The molecule has 1 N–H and O–H groups in total. The van der Waals surface area contributed by atoms with Crippen molar-refractivity contribution in [3.8, 4) is 23.3 Å². The van der Waals surface area contributed by atoms with Crippen LogP contribution >= 0.6 is 0 Å². The van der Waals surface area contributed by atoms with Crippen molar-refractivity contribution in [1.82, 2.24) is 9.80 Å². The van der Waals surface area contributed by atoms with E-state index in [0.29, 0.717) is 50.3 Å². The molecule has 226 valence electrons. The van der Waals surface area contributed by atoms with Crippen molar-refractivity contribution in [2.24, 2.45) is 5.92 Å². The van der Waals surface area contributed by atoms with E-state index in [1.807, 2.05) is 48.2 Å². The van der Waals surface area contributed by atoms with Gasteiger partial charge in [-0.25, -0.2) is 0 Å². The van der Waals surface area contributed by atoms with E-state index in [9.17, 15) is 14.7 Å². The van der Waals surface area contributed by atoms with Crippen molar-refractivity contribution in [2.45, 2.75) is 89.5 Å². The minimum absolute atomic E-state index is 0.108. The zero-order chi connectivity index (χ0) is 30.7. The zero-order valence-corrected chi connectivity index (χ0v) is 25.9. The molecule has 5 atom stereocenters. The SMILES string of the molecule is C=CCN1CC[C@]23c4c5ccc(OC(C)=O)c4O[C@H]2[C@@H](N(CC(C)C)C(=O)C#Cc2ccc(C)c(C)c2)CC[C@@]3(O)[C@H]1C5. The Morgan fingerprint density at radius 2 is 2.02 bits per heavy atom. The number of likely N-dealkylation sites (tertiary alicyclic amines) is 1. The molecular weight excluding hydrogens is 540 g/mol. The first-order valence-corrected chi connectivity index (χ1v) is 15.5. The van der Waals surface area contributed by atoms with E-state index in [2.05, 4.69) is 44.1 Å². The number of nitrogens with zero attached hydrogens (tertiary/aromatic N) is 2. The maximum Gasteiger partial charge on any atom is 0.308 e. The monoisotopic (exact) mass is 582 g/mol. The molecule has 0 aromatic heterocycles. The minimum atomic E-state index is -1.07. The van der Waals surface area contributed by atoms with Gasteiger partial charge in [0, 0.05) is 43.1 Å². The fourth-order valence-electron chi connectivity index (χ4n) is 8.31. The van der Waals surface area contributed by atoms with Gasteiger partial charge in [-0.3, -0.25) is 14.5 Å². The second-order valence-electron chi connectivity index (χ2n) is 13.2. The molecular formula is C36H42N2O5. The number of carbonyl (C=O) groups excluding carboxylic acids is 2. The molecule has 2 aromatic rings. The van der Waals surface area contributed by atoms with Crippen LogP contribution in [-0.4, -0.2) is 70.2 Å². The van der Waals surface area contributed by atoms with E-state index in [4.69, 9.17) is 9.47 Å². The molecule has 2 aliphatic carbocycles. The summed E-state index contributed by atoms with van der Waals surface area (Å²) in [6.45, 7) is 15.6. The zero-order valence-electron chi connectivity index (χ0n) is 25.9. The van der Waals surface area contributed by atoms with Crippen LogP contribution in [0.2, 0.25) is 0 Å². The Labute approximate surface area is 254 Å². The average Bonchev–Trinajstić information content (AvgIpc) is 3.30. The normalized spacial score (nSPS) is 28.3. The summed E-state index contributed by atoms with van der Waals surface area (Å²) in [6, 6.07) is 9.39. The van der Waals surface area contributed by atoms with Gasteiger partial charge >= 0.3 is 5.97 Å². The van der Waals surface area contributed by atoms with Crippen LogP contribution in [0.1, 0.15) is 67.9 Å². The number of piperidine rings is 1. The lowest BCUT2D eigenvalue weighted by atomic mass is 9.48. The summed E-state index contributed by atoms with van der Waals surface area (Å²) in [5.41, 5.74) is 3.37. The molecule has 0 unspecified atom stereocenters. The first kappa shape index (κ1) is 29.5. The van der Waals surface area contributed by atoms with E-state index >= 15 is 0 Å². The van der Waals surface area contributed by atoms with Crippen molar-refractivity contribution in [2.75, 3.05) is 19.6 Å². The van der Waals surface area contributed by atoms with Gasteiger partial charge in [-0.2, -0.15) is 0 Å². The molecule has 2 heterocycles. The van der Waals surface area contributed by atoms with Gasteiger partial charge < -0.3 is 19.5 Å². The second kappa shape index (κ2) is 10.8. The maximum absolute atomic E-state index is 14.0. The van der Waals surface area contributed by atoms with Gasteiger partial charge in [0.25, 0.3) is 5.91 Å². The molecule has 2 aliphatic heterocycles. The highest BCUT2D eigenvalue weighted by atomic mass is 16.6. The predicted molar refractivity (Wildman–Crippen MR) is 165 cm³/mol. The summed E-state index contributed by atoms with van der Waals surface area (Å²) in [6.07, 6.45) is 3.84. The van der Waals surface area contributed by atoms with Crippen LogP contribution in [0, 0.1) is 31.6 Å². The van der Waals surface area contributed by atoms with E-state index < -0.39 is 23.1 Å². The highest BCUT2D eigenvalue weighted by Gasteiger charge is 2.73. The second-order valence-corrected chi connectivity index (χ2v) is 13.2. The lowest BCUT2D eigenvalue weighted by Crippen LogP contribution is -2.78. The number of hydrogen-bond acceptors (Lipinski definition) is 6. The number of aliphatic hydroxyl groups is 1. The Kier molecular flexibility index (Phi) is 7.43. The molecule has 1 amide bonds. The number of esters is 1. The molecule has 7 nitrogen and oxygen atoms in total. The molecule has 43 heavy (non-hydrogen) atoms. The van der Waals surface area contributed by atoms with E-state index in [0.717, 1.165) is 28.8 Å². The largest absolute Gasteiger partial charge is 0.483 e. The quantitative estimate of drug-likeness (QED) is 0.234. The molecule has 2 aromatic carbocycles. The molecule has 2 fully saturated rings. The van der Waals surface area contributed by atoms with Gasteiger partial charge in [0.1, 0.15) is 6.10 Å². The number of ether oxygens (including phenoxy) is 2. The summed E-state index contributed by atoms with van der Waals surface area (Å²) in [4.78, 5) is 30.3. The third-order valence-corrected chi connectivity index (χ3v) is 10.2. The van der Waals surface area contributed by atoms with Gasteiger partial charge in [0.15, 0.2) is 11.5 Å². The number of aryl methyl sites for hydroxylation is 2.